The number of aryl methyl sites for hydroxylation is 1. The molecular formula is C15H22NO2+. The molecule has 1 atom stereocenters. The Bertz CT molecular complexity index is 395. The van der Waals surface area contributed by atoms with E-state index in [1.807, 2.05) is 0 Å². The van der Waals surface area contributed by atoms with Crippen LogP contribution < -0.4 is 4.57 Å². The monoisotopic (exact) mass is 248 g/mol. The summed E-state index contributed by atoms with van der Waals surface area (Å²) in [5, 5.41) is 0. The summed E-state index contributed by atoms with van der Waals surface area (Å²) >= 11 is 0. The standard InChI is InChI=1S/C15H22NO2/c1-13-5-8-16(9-6-13)12-14-4-2-3-7-15(14)17-10-11-18-15/h5-6,8-9,14H,2-4,7,10-12H2,1H3/q+1. The number of nitrogens with zero attached hydrogens (tertiary/aromatic N) is 1. The molecule has 0 bridgehead atoms. The average Bonchev–Trinajstić information content (AvgIpc) is 2.84. The van der Waals surface area contributed by atoms with E-state index in [2.05, 4.69) is 36.0 Å². The van der Waals surface area contributed by atoms with Crippen LogP contribution in [0.2, 0.25) is 0 Å². The quantitative estimate of drug-likeness (QED) is 0.749. The van der Waals surface area contributed by atoms with Crippen LogP contribution in [0.25, 0.3) is 0 Å². The summed E-state index contributed by atoms with van der Waals surface area (Å²) < 4.78 is 14.2. The van der Waals surface area contributed by atoms with Crippen molar-refractivity contribution >= 4 is 0 Å². The van der Waals surface area contributed by atoms with Crippen LogP contribution in [0.15, 0.2) is 24.5 Å². The van der Waals surface area contributed by atoms with Gasteiger partial charge in [-0.3, -0.25) is 0 Å². The molecular weight excluding hydrogens is 226 g/mol. The molecule has 1 aromatic heterocycles. The van der Waals surface area contributed by atoms with Crippen LogP contribution in [0, 0.1) is 12.8 Å². The normalized spacial score (nSPS) is 26.6. The Kier molecular flexibility index (Phi) is 3.35. The van der Waals surface area contributed by atoms with Crippen molar-refractivity contribution < 1.29 is 14.0 Å². The van der Waals surface area contributed by atoms with Crippen LogP contribution in [0.1, 0.15) is 31.2 Å². The molecule has 1 spiro atoms. The third-order valence-electron chi connectivity index (χ3n) is 4.21. The molecule has 2 heterocycles. The third-order valence-corrected chi connectivity index (χ3v) is 4.21. The molecule has 0 aromatic carbocycles. The zero-order valence-electron chi connectivity index (χ0n) is 11.1. The van der Waals surface area contributed by atoms with Crippen molar-refractivity contribution in [1.82, 2.24) is 0 Å². The molecule has 3 heteroatoms. The fourth-order valence-electron chi connectivity index (χ4n) is 3.18. The van der Waals surface area contributed by atoms with Gasteiger partial charge in [-0.15, -0.1) is 0 Å². The third kappa shape index (κ3) is 2.29. The van der Waals surface area contributed by atoms with Gasteiger partial charge in [0.05, 0.1) is 19.1 Å². The molecule has 1 aliphatic carbocycles. The number of hydrogen-bond acceptors (Lipinski definition) is 2. The van der Waals surface area contributed by atoms with Crippen LogP contribution in [-0.2, 0) is 16.0 Å². The van der Waals surface area contributed by atoms with Gasteiger partial charge < -0.3 is 9.47 Å². The van der Waals surface area contributed by atoms with E-state index in [4.69, 9.17) is 9.47 Å². The molecule has 0 amide bonds. The van der Waals surface area contributed by atoms with E-state index in [0.717, 1.165) is 26.2 Å². The van der Waals surface area contributed by atoms with E-state index in [1.54, 1.807) is 0 Å². The van der Waals surface area contributed by atoms with Gasteiger partial charge in [-0.05, 0) is 25.3 Å². The Morgan fingerprint density at radius 3 is 2.67 bits per heavy atom. The Labute approximate surface area is 109 Å². The maximum absolute atomic E-state index is 5.95. The topological polar surface area (TPSA) is 22.3 Å². The highest BCUT2D eigenvalue weighted by Crippen LogP contribution is 2.40. The first-order valence-electron chi connectivity index (χ1n) is 7.02. The number of rotatable bonds is 2. The molecule has 3 rings (SSSR count). The molecule has 1 saturated carbocycles. The first-order valence-corrected chi connectivity index (χ1v) is 7.02. The maximum atomic E-state index is 5.95. The lowest BCUT2D eigenvalue weighted by Crippen LogP contribution is -2.49. The molecule has 1 aliphatic heterocycles. The summed E-state index contributed by atoms with van der Waals surface area (Å²) in [4.78, 5) is 0. The lowest BCUT2D eigenvalue weighted by Gasteiger charge is -2.37. The summed E-state index contributed by atoms with van der Waals surface area (Å²) in [6.07, 6.45) is 9.12. The van der Waals surface area contributed by atoms with E-state index < -0.39 is 0 Å². The molecule has 3 nitrogen and oxygen atoms in total. The van der Waals surface area contributed by atoms with Gasteiger partial charge in [-0.1, -0.05) is 6.42 Å². The average molecular weight is 248 g/mol. The molecule has 1 unspecified atom stereocenters. The van der Waals surface area contributed by atoms with E-state index in [1.165, 1.54) is 24.8 Å². The summed E-state index contributed by atoms with van der Waals surface area (Å²) in [7, 11) is 0. The molecule has 1 aromatic rings. The van der Waals surface area contributed by atoms with Crippen molar-refractivity contribution in [3.63, 3.8) is 0 Å². The van der Waals surface area contributed by atoms with E-state index >= 15 is 0 Å². The van der Waals surface area contributed by atoms with Crippen LogP contribution in [-0.4, -0.2) is 19.0 Å². The van der Waals surface area contributed by atoms with Crippen molar-refractivity contribution in [3.8, 4) is 0 Å². The first-order chi connectivity index (χ1) is 8.78. The van der Waals surface area contributed by atoms with Crippen LogP contribution in [0.4, 0.5) is 0 Å². The lowest BCUT2D eigenvalue weighted by molar-refractivity contribution is -0.707. The lowest BCUT2D eigenvalue weighted by atomic mass is 9.83. The second kappa shape index (κ2) is 4.98. The van der Waals surface area contributed by atoms with Gasteiger partial charge in [0.25, 0.3) is 0 Å². The minimum absolute atomic E-state index is 0.282. The summed E-state index contributed by atoms with van der Waals surface area (Å²) in [6.45, 7) is 4.64. The molecule has 0 radical (unpaired) electrons. The molecule has 2 aliphatic rings. The second-order valence-corrected chi connectivity index (χ2v) is 5.52. The summed E-state index contributed by atoms with van der Waals surface area (Å²) in [5.74, 6) is 0.206. The van der Waals surface area contributed by atoms with Crippen molar-refractivity contribution in [2.45, 2.75) is 44.9 Å². The number of pyridine rings is 1. The fourth-order valence-corrected chi connectivity index (χ4v) is 3.18. The van der Waals surface area contributed by atoms with Gasteiger partial charge in [0, 0.05) is 18.6 Å². The van der Waals surface area contributed by atoms with E-state index in [0.29, 0.717) is 5.92 Å². The Hall–Kier alpha value is -0.930. The van der Waals surface area contributed by atoms with Gasteiger partial charge in [0.1, 0.15) is 0 Å². The highest BCUT2D eigenvalue weighted by molar-refractivity contribution is 5.03. The fraction of sp³-hybridized carbons (Fsp3) is 0.667. The zero-order valence-corrected chi connectivity index (χ0v) is 11.1. The largest absolute Gasteiger partial charge is 0.347 e. The predicted octanol–water partition coefficient (Wildman–Crippen LogP) is 2.22. The van der Waals surface area contributed by atoms with E-state index in [9.17, 15) is 0 Å². The summed E-state index contributed by atoms with van der Waals surface area (Å²) in [5.41, 5.74) is 1.30. The molecule has 2 fully saturated rings. The Morgan fingerprint density at radius 1 is 1.22 bits per heavy atom. The van der Waals surface area contributed by atoms with Crippen molar-refractivity contribution in [2.75, 3.05) is 13.2 Å². The highest BCUT2D eigenvalue weighted by atomic mass is 16.7. The van der Waals surface area contributed by atoms with Gasteiger partial charge >= 0.3 is 0 Å². The van der Waals surface area contributed by atoms with E-state index in [-0.39, 0.29) is 5.79 Å². The number of ether oxygens (including phenoxy) is 2. The van der Waals surface area contributed by atoms with Crippen LogP contribution in [0.3, 0.4) is 0 Å². The molecule has 0 N–H and O–H groups in total. The molecule has 18 heavy (non-hydrogen) atoms. The predicted molar refractivity (Wildman–Crippen MR) is 68.0 cm³/mol. The SMILES string of the molecule is Cc1cc[n+](CC2CCCCC23OCCO3)cc1. The number of hydrogen-bond donors (Lipinski definition) is 0. The maximum Gasteiger partial charge on any atom is 0.177 e. The number of aromatic nitrogens is 1. The Morgan fingerprint density at radius 2 is 1.94 bits per heavy atom. The van der Waals surface area contributed by atoms with Gasteiger partial charge in [-0.2, -0.15) is 0 Å². The molecule has 1 saturated heterocycles. The van der Waals surface area contributed by atoms with Crippen molar-refractivity contribution in [3.05, 3.63) is 30.1 Å². The van der Waals surface area contributed by atoms with Crippen LogP contribution in [0.5, 0.6) is 0 Å². The van der Waals surface area contributed by atoms with Crippen molar-refractivity contribution in [1.29, 1.82) is 0 Å². The second-order valence-electron chi connectivity index (χ2n) is 5.52. The minimum atomic E-state index is -0.282. The molecule has 98 valence electrons. The highest BCUT2D eigenvalue weighted by Gasteiger charge is 2.47. The van der Waals surface area contributed by atoms with Gasteiger partial charge in [0.2, 0.25) is 0 Å². The van der Waals surface area contributed by atoms with Gasteiger partial charge in [-0.25, -0.2) is 4.57 Å². The van der Waals surface area contributed by atoms with Crippen LogP contribution >= 0.6 is 0 Å². The summed E-state index contributed by atoms with van der Waals surface area (Å²) in [6, 6.07) is 4.32. The first kappa shape index (κ1) is 12.1. The Balaban J connectivity index is 1.75. The zero-order chi connectivity index (χ0) is 12.4. The van der Waals surface area contributed by atoms with Crippen molar-refractivity contribution in [2.24, 2.45) is 5.92 Å². The minimum Gasteiger partial charge on any atom is -0.347 e. The van der Waals surface area contributed by atoms with Gasteiger partial charge in [0.15, 0.2) is 24.7 Å². The smallest absolute Gasteiger partial charge is 0.177 e.